The molecule has 0 bridgehead atoms. The number of aliphatic imine (C=N–C) groups is 1. The van der Waals surface area contributed by atoms with Crippen LogP contribution in [0.3, 0.4) is 0 Å². The van der Waals surface area contributed by atoms with Crippen molar-refractivity contribution in [1.29, 1.82) is 0 Å². The van der Waals surface area contributed by atoms with Crippen LogP contribution in [0, 0.1) is 0 Å². The van der Waals surface area contributed by atoms with Crippen LogP contribution in [0.25, 0.3) is 0 Å². The zero-order valence-corrected chi connectivity index (χ0v) is 16.8. The van der Waals surface area contributed by atoms with Crippen molar-refractivity contribution < 1.29 is 37.3 Å². The van der Waals surface area contributed by atoms with Gasteiger partial charge in [0.25, 0.3) is 5.91 Å². The minimum atomic E-state index is -3.15. The van der Waals surface area contributed by atoms with E-state index >= 15 is 0 Å². The van der Waals surface area contributed by atoms with Gasteiger partial charge in [-0.1, -0.05) is 17.8 Å². The minimum Gasteiger partial charge on any atom is -0.480 e. The molecule has 2 saturated heterocycles. The number of ether oxygens (including phenoxy) is 3. The van der Waals surface area contributed by atoms with E-state index < -0.39 is 34.9 Å². The van der Waals surface area contributed by atoms with Crippen molar-refractivity contribution in [2.75, 3.05) is 31.5 Å². The van der Waals surface area contributed by atoms with Gasteiger partial charge in [0.2, 0.25) is 6.79 Å². The number of amidine groups is 1. The van der Waals surface area contributed by atoms with Crippen LogP contribution in [-0.2, 0) is 30.7 Å². The molecule has 3 heterocycles. The Hall–Kier alpha value is -2.31. The Balaban J connectivity index is 1.53. The number of thioether (sulfide) groups is 1. The molecule has 0 radical (unpaired) electrons. The van der Waals surface area contributed by atoms with Gasteiger partial charge in [0.1, 0.15) is 13.2 Å². The maximum absolute atomic E-state index is 12.1. The average Bonchev–Trinajstić information content (AvgIpc) is 3.28. The van der Waals surface area contributed by atoms with E-state index in [1.54, 1.807) is 6.07 Å². The third-order valence-corrected chi connectivity index (χ3v) is 7.88. The first-order valence-corrected chi connectivity index (χ1v) is 11.4. The second-order valence-electron chi connectivity index (χ2n) is 6.79. The highest BCUT2D eigenvalue weighted by Crippen LogP contribution is 2.40. The first-order chi connectivity index (χ1) is 13.8. The second-order valence-corrected chi connectivity index (χ2v) is 10.2. The molecule has 156 valence electrons. The van der Waals surface area contributed by atoms with Crippen LogP contribution >= 0.6 is 11.8 Å². The zero-order chi connectivity index (χ0) is 20.6. The first kappa shape index (κ1) is 20.0. The van der Waals surface area contributed by atoms with Crippen molar-refractivity contribution >= 4 is 38.6 Å². The molecule has 10 nitrogen and oxygen atoms in total. The number of carbonyl (C=O) groups is 2. The highest BCUT2D eigenvalue weighted by molar-refractivity contribution is 8.15. The van der Waals surface area contributed by atoms with Crippen molar-refractivity contribution in [3.63, 3.8) is 0 Å². The minimum absolute atomic E-state index is 0.00204. The first-order valence-electron chi connectivity index (χ1n) is 8.74. The Kier molecular flexibility index (Phi) is 5.40. The van der Waals surface area contributed by atoms with Crippen molar-refractivity contribution in [2.24, 2.45) is 4.99 Å². The molecule has 3 aliphatic heterocycles. The summed E-state index contributed by atoms with van der Waals surface area (Å²) in [6, 6.07) is 5.16. The molecular formula is C17H18N2O8S2. The highest BCUT2D eigenvalue weighted by atomic mass is 32.2. The molecule has 29 heavy (non-hydrogen) atoms. The standard InChI is InChI=1S/C17H18N2O8S2/c20-15(5-25-6-16(21)22)18-17-19(11-7-29(23,24)8-14(11)28-17)4-10-1-2-12-13(3-10)27-9-26-12/h1-3,11,14H,4-9H2,(H,21,22)/t11-,14-/m1/s1. The molecule has 0 aliphatic carbocycles. The molecule has 12 heteroatoms. The lowest BCUT2D eigenvalue weighted by molar-refractivity contribution is -0.143. The van der Waals surface area contributed by atoms with E-state index in [0.29, 0.717) is 23.2 Å². The number of amides is 1. The number of aliphatic carboxylic acids is 1. The Morgan fingerprint density at radius 1 is 1.24 bits per heavy atom. The van der Waals surface area contributed by atoms with Gasteiger partial charge in [-0.25, -0.2) is 13.2 Å². The lowest BCUT2D eigenvalue weighted by atomic mass is 10.1. The summed E-state index contributed by atoms with van der Waals surface area (Å²) >= 11 is 1.25. The van der Waals surface area contributed by atoms with Crippen LogP contribution in [0.2, 0.25) is 0 Å². The number of fused-ring (bicyclic) bond motifs is 2. The number of carbonyl (C=O) groups excluding carboxylic acids is 1. The molecule has 0 saturated carbocycles. The van der Waals surface area contributed by atoms with Crippen LogP contribution < -0.4 is 9.47 Å². The normalized spacial score (nSPS) is 25.4. The number of nitrogens with zero attached hydrogens (tertiary/aromatic N) is 2. The predicted octanol–water partition coefficient (Wildman–Crippen LogP) is 0.114. The Morgan fingerprint density at radius 2 is 2.03 bits per heavy atom. The van der Waals surface area contributed by atoms with Gasteiger partial charge in [-0.2, -0.15) is 4.99 Å². The quantitative estimate of drug-likeness (QED) is 0.647. The van der Waals surface area contributed by atoms with Gasteiger partial charge in [0, 0.05) is 11.8 Å². The molecule has 1 aromatic rings. The predicted molar refractivity (Wildman–Crippen MR) is 103 cm³/mol. The Morgan fingerprint density at radius 3 is 2.83 bits per heavy atom. The van der Waals surface area contributed by atoms with Crippen molar-refractivity contribution in [3.05, 3.63) is 23.8 Å². The van der Waals surface area contributed by atoms with E-state index in [0.717, 1.165) is 5.56 Å². The summed E-state index contributed by atoms with van der Waals surface area (Å²) in [6.45, 7) is -0.544. The lowest BCUT2D eigenvalue weighted by Gasteiger charge is -2.24. The van der Waals surface area contributed by atoms with Crippen LogP contribution in [0.1, 0.15) is 5.56 Å². The molecule has 0 spiro atoms. The third-order valence-electron chi connectivity index (χ3n) is 4.64. The zero-order valence-electron chi connectivity index (χ0n) is 15.1. The molecule has 2 atom stereocenters. The maximum atomic E-state index is 12.1. The van der Waals surface area contributed by atoms with E-state index in [9.17, 15) is 18.0 Å². The third kappa shape index (κ3) is 4.49. The number of hydrogen-bond acceptors (Lipinski definition) is 8. The maximum Gasteiger partial charge on any atom is 0.329 e. The van der Waals surface area contributed by atoms with Crippen molar-refractivity contribution in [2.45, 2.75) is 17.8 Å². The topological polar surface area (TPSA) is 132 Å². The highest BCUT2D eigenvalue weighted by Gasteiger charge is 2.48. The molecule has 3 aliphatic rings. The van der Waals surface area contributed by atoms with Crippen LogP contribution in [0.5, 0.6) is 11.5 Å². The summed E-state index contributed by atoms with van der Waals surface area (Å²) in [4.78, 5) is 28.4. The fourth-order valence-electron chi connectivity index (χ4n) is 3.42. The number of carboxylic acid groups (broad SMARTS) is 1. The van der Waals surface area contributed by atoms with E-state index in [4.69, 9.17) is 19.3 Å². The van der Waals surface area contributed by atoms with Gasteiger partial charge in [-0.05, 0) is 17.7 Å². The fraction of sp³-hybridized carbons (Fsp3) is 0.471. The number of carboxylic acids is 1. The number of rotatable bonds is 6. The SMILES string of the molecule is O=C(O)COCC(=O)N=C1S[C@@H]2CS(=O)(=O)C[C@H]2N1Cc1ccc2c(c1)OCO2. The lowest BCUT2D eigenvalue weighted by Crippen LogP contribution is -2.37. The summed E-state index contributed by atoms with van der Waals surface area (Å²) in [5.74, 6) is -0.509. The van der Waals surface area contributed by atoms with Crippen LogP contribution in [-0.4, -0.2) is 78.3 Å². The monoisotopic (exact) mass is 442 g/mol. The summed E-state index contributed by atoms with van der Waals surface area (Å²) in [6.07, 6.45) is 0. The summed E-state index contributed by atoms with van der Waals surface area (Å²) in [5.41, 5.74) is 0.863. The second kappa shape index (κ2) is 7.84. The van der Waals surface area contributed by atoms with Crippen molar-refractivity contribution in [1.82, 2.24) is 4.90 Å². The fourth-order valence-corrected chi connectivity index (χ4v) is 7.39. The molecule has 1 aromatic carbocycles. The van der Waals surface area contributed by atoms with Gasteiger partial charge in [-0.15, -0.1) is 0 Å². The van der Waals surface area contributed by atoms with E-state index in [2.05, 4.69) is 4.99 Å². The molecule has 1 amide bonds. The number of hydrogen-bond donors (Lipinski definition) is 1. The van der Waals surface area contributed by atoms with Gasteiger partial charge in [0.05, 0.1) is 17.5 Å². The van der Waals surface area contributed by atoms with Crippen molar-refractivity contribution in [3.8, 4) is 11.5 Å². The summed E-state index contributed by atoms with van der Waals surface area (Å²) in [7, 11) is -3.15. The molecule has 0 aromatic heterocycles. The van der Waals surface area contributed by atoms with Crippen LogP contribution in [0.15, 0.2) is 23.2 Å². The molecule has 4 rings (SSSR count). The largest absolute Gasteiger partial charge is 0.480 e. The molecule has 2 fully saturated rings. The van der Waals surface area contributed by atoms with E-state index in [1.165, 1.54) is 11.8 Å². The van der Waals surface area contributed by atoms with E-state index in [1.807, 2.05) is 17.0 Å². The smallest absolute Gasteiger partial charge is 0.329 e. The summed E-state index contributed by atoms with van der Waals surface area (Å²) < 4.78 is 39.6. The van der Waals surface area contributed by atoms with Gasteiger partial charge >= 0.3 is 5.97 Å². The van der Waals surface area contributed by atoms with Gasteiger partial charge in [-0.3, -0.25) is 4.79 Å². The molecular weight excluding hydrogens is 424 g/mol. The number of benzene rings is 1. The summed E-state index contributed by atoms with van der Waals surface area (Å²) in [5, 5.41) is 8.79. The number of sulfone groups is 1. The Labute approximate surface area is 170 Å². The Bertz CT molecular complexity index is 978. The van der Waals surface area contributed by atoms with Gasteiger partial charge in [0.15, 0.2) is 26.5 Å². The van der Waals surface area contributed by atoms with E-state index in [-0.39, 0.29) is 29.6 Å². The van der Waals surface area contributed by atoms with Crippen LogP contribution in [0.4, 0.5) is 0 Å². The molecule has 1 N–H and O–H groups in total. The van der Waals surface area contributed by atoms with Gasteiger partial charge < -0.3 is 24.2 Å². The average molecular weight is 442 g/mol. The molecule has 0 unspecified atom stereocenters.